The first-order valence-electron chi connectivity index (χ1n) is 7.14. The number of nitrogens with two attached hydrogens (primary N) is 1. The van der Waals surface area contributed by atoms with E-state index in [2.05, 4.69) is 55.9 Å². The molecule has 0 radical (unpaired) electrons. The molecule has 0 aliphatic rings. The molecule has 0 atom stereocenters. The normalized spacial score (nSPS) is 11.3. The van der Waals surface area contributed by atoms with Gasteiger partial charge in [-0.25, -0.2) is 9.97 Å². The maximum atomic E-state index is 5.78. The number of rotatable bonds is 3. The Bertz CT molecular complexity index is 595. The maximum Gasteiger partial charge on any atom is 0.220 e. The molecule has 0 fully saturated rings. The molecule has 2 rings (SSSR count). The topological polar surface area (TPSA) is 51.8 Å². The molecule has 1 aromatic heterocycles. The van der Waals surface area contributed by atoms with Crippen LogP contribution in [-0.2, 0) is 0 Å². The molecular formula is C17H23N3. The summed E-state index contributed by atoms with van der Waals surface area (Å²) >= 11 is 0. The molecule has 3 heteroatoms. The first kappa shape index (κ1) is 14.5. The summed E-state index contributed by atoms with van der Waals surface area (Å²) in [6.07, 6.45) is 0. The second-order valence-electron chi connectivity index (χ2n) is 5.91. The van der Waals surface area contributed by atoms with Crippen LogP contribution in [0.3, 0.4) is 0 Å². The summed E-state index contributed by atoms with van der Waals surface area (Å²) in [6.45, 7) is 10.8. The highest BCUT2D eigenvalue weighted by Crippen LogP contribution is 2.31. The monoisotopic (exact) mass is 269 g/mol. The number of hydrogen-bond acceptors (Lipinski definition) is 3. The average Bonchev–Trinajstić information content (AvgIpc) is 2.36. The molecule has 106 valence electrons. The molecule has 2 N–H and O–H groups in total. The third kappa shape index (κ3) is 2.98. The number of aryl methyl sites for hydroxylation is 1. The molecule has 0 unspecified atom stereocenters. The van der Waals surface area contributed by atoms with Gasteiger partial charge < -0.3 is 5.73 Å². The van der Waals surface area contributed by atoms with Crippen molar-refractivity contribution >= 4 is 5.95 Å². The summed E-state index contributed by atoms with van der Waals surface area (Å²) < 4.78 is 0. The molecule has 0 aliphatic heterocycles. The number of anilines is 1. The zero-order valence-corrected chi connectivity index (χ0v) is 12.9. The molecule has 1 heterocycles. The van der Waals surface area contributed by atoms with Gasteiger partial charge in [0.1, 0.15) is 0 Å². The minimum atomic E-state index is 0.336. The third-order valence-corrected chi connectivity index (χ3v) is 3.51. The number of hydrogen-bond donors (Lipinski definition) is 1. The number of nitrogen functional groups attached to an aromatic ring is 1. The van der Waals surface area contributed by atoms with E-state index in [1.54, 1.807) is 0 Å². The van der Waals surface area contributed by atoms with Crippen LogP contribution in [0.25, 0.3) is 11.3 Å². The summed E-state index contributed by atoms with van der Waals surface area (Å²) in [4.78, 5) is 8.54. The molecule has 1 aromatic carbocycles. The highest BCUT2D eigenvalue weighted by molar-refractivity contribution is 5.66. The molecule has 0 amide bonds. The Morgan fingerprint density at radius 3 is 2.20 bits per heavy atom. The van der Waals surface area contributed by atoms with Gasteiger partial charge in [0.15, 0.2) is 0 Å². The molecule has 0 aliphatic carbocycles. The summed E-state index contributed by atoms with van der Waals surface area (Å²) in [5.74, 6) is 1.31. The van der Waals surface area contributed by atoms with Gasteiger partial charge >= 0.3 is 0 Å². The molecule has 0 saturated carbocycles. The predicted molar refractivity (Wildman–Crippen MR) is 84.8 cm³/mol. The van der Waals surface area contributed by atoms with Crippen LogP contribution in [0.4, 0.5) is 5.95 Å². The lowest BCUT2D eigenvalue weighted by Crippen LogP contribution is -2.02. The van der Waals surface area contributed by atoms with Crippen LogP contribution in [0, 0.1) is 6.92 Å². The second kappa shape index (κ2) is 5.61. The summed E-state index contributed by atoms with van der Waals surface area (Å²) in [6, 6.07) is 8.62. The first-order valence-corrected chi connectivity index (χ1v) is 7.14. The lowest BCUT2D eigenvalue weighted by Gasteiger charge is -2.16. The summed E-state index contributed by atoms with van der Waals surface area (Å²) in [5, 5.41) is 0. The van der Waals surface area contributed by atoms with E-state index in [4.69, 9.17) is 5.73 Å². The van der Waals surface area contributed by atoms with Gasteiger partial charge in [-0.05, 0) is 36.0 Å². The van der Waals surface area contributed by atoms with Gasteiger partial charge in [0, 0.05) is 11.3 Å². The lowest BCUT2D eigenvalue weighted by atomic mass is 9.90. The van der Waals surface area contributed by atoms with Crippen molar-refractivity contribution in [1.29, 1.82) is 0 Å². The first-order chi connectivity index (χ1) is 9.38. The average molecular weight is 269 g/mol. The van der Waals surface area contributed by atoms with Gasteiger partial charge in [-0.15, -0.1) is 0 Å². The Hall–Kier alpha value is -1.90. The van der Waals surface area contributed by atoms with Gasteiger partial charge in [0.05, 0.1) is 5.69 Å². The molecule has 20 heavy (non-hydrogen) atoms. The van der Waals surface area contributed by atoms with Crippen molar-refractivity contribution in [3.63, 3.8) is 0 Å². The van der Waals surface area contributed by atoms with Crippen molar-refractivity contribution in [2.24, 2.45) is 0 Å². The molecule has 0 bridgehead atoms. The van der Waals surface area contributed by atoms with Crippen LogP contribution in [-0.4, -0.2) is 9.97 Å². The SMILES string of the molecule is Cc1cc(-c2ccc(C(C)C)cc2C(C)C)nc(N)n1. The fraction of sp³-hybridized carbons (Fsp3) is 0.412. The predicted octanol–water partition coefficient (Wildman–Crippen LogP) is 4.28. The smallest absolute Gasteiger partial charge is 0.220 e. The lowest BCUT2D eigenvalue weighted by molar-refractivity contribution is 0.834. The number of benzene rings is 1. The fourth-order valence-corrected chi connectivity index (χ4v) is 2.38. The van der Waals surface area contributed by atoms with E-state index in [1.165, 1.54) is 11.1 Å². The Balaban J connectivity index is 2.61. The van der Waals surface area contributed by atoms with Crippen LogP contribution < -0.4 is 5.73 Å². The zero-order valence-electron chi connectivity index (χ0n) is 12.9. The Labute approximate surface area is 121 Å². The van der Waals surface area contributed by atoms with Crippen LogP contribution in [0.1, 0.15) is 56.4 Å². The van der Waals surface area contributed by atoms with Gasteiger partial charge in [0.2, 0.25) is 5.95 Å². The van der Waals surface area contributed by atoms with Crippen molar-refractivity contribution in [3.05, 3.63) is 41.1 Å². The standard InChI is InChI=1S/C17H23N3/c1-10(2)13-6-7-14(15(9-13)11(3)4)16-8-12(5)19-17(18)20-16/h6-11H,1-5H3,(H2,18,19,20). The van der Waals surface area contributed by atoms with Crippen LogP contribution in [0.5, 0.6) is 0 Å². The highest BCUT2D eigenvalue weighted by Gasteiger charge is 2.13. The van der Waals surface area contributed by atoms with Crippen molar-refractivity contribution in [2.75, 3.05) is 5.73 Å². The van der Waals surface area contributed by atoms with Crippen molar-refractivity contribution < 1.29 is 0 Å². The quantitative estimate of drug-likeness (QED) is 0.904. The van der Waals surface area contributed by atoms with Crippen molar-refractivity contribution in [3.8, 4) is 11.3 Å². The van der Waals surface area contributed by atoms with Crippen LogP contribution in [0.15, 0.2) is 24.3 Å². The van der Waals surface area contributed by atoms with E-state index in [1.807, 2.05) is 13.0 Å². The van der Waals surface area contributed by atoms with Gasteiger partial charge in [-0.1, -0.05) is 45.9 Å². The molecule has 3 nitrogen and oxygen atoms in total. The van der Waals surface area contributed by atoms with Crippen LogP contribution >= 0.6 is 0 Å². The number of aromatic nitrogens is 2. The van der Waals surface area contributed by atoms with Gasteiger partial charge in [0.25, 0.3) is 0 Å². The summed E-state index contributed by atoms with van der Waals surface area (Å²) in [7, 11) is 0. The minimum Gasteiger partial charge on any atom is -0.368 e. The molecule has 0 saturated heterocycles. The Morgan fingerprint density at radius 2 is 1.65 bits per heavy atom. The van der Waals surface area contributed by atoms with Crippen molar-refractivity contribution in [1.82, 2.24) is 9.97 Å². The van der Waals surface area contributed by atoms with E-state index < -0.39 is 0 Å². The number of nitrogens with zero attached hydrogens (tertiary/aromatic N) is 2. The third-order valence-electron chi connectivity index (χ3n) is 3.51. The van der Waals surface area contributed by atoms with E-state index in [9.17, 15) is 0 Å². The largest absolute Gasteiger partial charge is 0.368 e. The van der Waals surface area contributed by atoms with E-state index in [-0.39, 0.29) is 0 Å². The maximum absolute atomic E-state index is 5.78. The van der Waals surface area contributed by atoms with E-state index >= 15 is 0 Å². The minimum absolute atomic E-state index is 0.336. The summed E-state index contributed by atoms with van der Waals surface area (Å²) in [5.41, 5.74) is 11.4. The molecule has 2 aromatic rings. The molecule has 0 spiro atoms. The second-order valence-corrected chi connectivity index (χ2v) is 5.91. The Morgan fingerprint density at radius 1 is 0.950 bits per heavy atom. The van der Waals surface area contributed by atoms with Crippen LogP contribution in [0.2, 0.25) is 0 Å². The van der Waals surface area contributed by atoms with E-state index in [0.29, 0.717) is 17.8 Å². The van der Waals surface area contributed by atoms with Crippen molar-refractivity contribution in [2.45, 2.75) is 46.5 Å². The highest BCUT2D eigenvalue weighted by atomic mass is 15.0. The van der Waals surface area contributed by atoms with Gasteiger partial charge in [-0.2, -0.15) is 0 Å². The molecular weight excluding hydrogens is 246 g/mol. The van der Waals surface area contributed by atoms with E-state index in [0.717, 1.165) is 17.0 Å². The van der Waals surface area contributed by atoms with Gasteiger partial charge in [-0.3, -0.25) is 0 Å². The Kier molecular flexibility index (Phi) is 4.07. The zero-order chi connectivity index (χ0) is 14.9. The fourth-order valence-electron chi connectivity index (χ4n) is 2.38.